The van der Waals surface area contributed by atoms with Gasteiger partial charge in [0.05, 0.1) is 18.3 Å². The molecule has 0 atom stereocenters. The van der Waals surface area contributed by atoms with Crippen LogP contribution in [0.4, 0.5) is 15.9 Å². The lowest BCUT2D eigenvalue weighted by atomic mass is 10.2. The second-order valence-electron chi connectivity index (χ2n) is 7.47. The van der Waals surface area contributed by atoms with E-state index >= 15 is 0 Å². The lowest BCUT2D eigenvalue weighted by Gasteiger charge is -2.13. The molecular formula is C26H22FN5O2. The van der Waals surface area contributed by atoms with Gasteiger partial charge >= 0.3 is 0 Å². The molecule has 2 aromatic heterocycles. The molecule has 0 spiro atoms. The molecule has 0 aliphatic carbocycles. The third-order valence-electron chi connectivity index (χ3n) is 4.85. The third kappa shape index (κ3) is 5.64. The molecule has 0 aliphatic heterocycles. The number of alkyl halides is 1. The van der Waals surface area contributed by atoms with Crippen LogP contribution in [0.2, 0.25) is 0 Å². The van der Waals surface area contributed by atoms with E-state index in [-0.39, 0.29) is 6.54 Å². The van der Waals surface area contributed by atoms with E-state index in [1.165, 1.54) is 0 Å². The van der Waals surface area contributed by atoms with Crippen molar-refractivity contribution in [2.24, 2.45) is 0 Å². The summed E-state index contributed by atoms with van der Waals surface area (Å²) in [6.07, 6.45) is 1.69. The topological polar surface area (TPSA) is 89.0 Å². The number of para-hydroxylation sites is 1. The molecule has 4 rings (SSSR count). The Hall–Kier alpha value is -4.51. The number of amides is 1. The van der Waals surface area contributed by atoms with E-state index < -0.39 is 12.6 Å². The van der Waals surface area contributed by atoms with Gasteiger partial charge < -0.3 is 15.4 Å². The smallest absolute Gasteiger partial charge is 0.252 e. The summed E-state index contributed by atoms with van der Waals surface area (Å²) in [7, 11) is 0. The van der Waals surface area contributed by atoms with E-state index in [4.69, 9.17) is 4.74 Å². The van der Waals surface area contributed by atoms with E-state index in [0.717, 1.165) is 33.6 Å². The minimum Gasteiger partial charge on any atom is -0.455 e. The number of carbonyl (C=O) groups is 1. The molecule has 0 aliphatic rings. The van der Waals surface area contributed by atoms with E-state index in [2.05, 4.69) is 37.4 Å². The highest BCUT2D eigenvalue weighted by Crippen LogP contribution is 2.29. The van der Waals surface area contributed by atoms with Crippen molar-refractivity contribution < 1.29 is 13.9 Å². The lowest BCUT2D eigenvalue weighted by molar-refractivity contribution is -0.121. The molecule has 34 heavy (non-hydrogen) atoms. The second-order valence-corrected chi connectivity index (χ2v) is 7.47. The van der Waals surface area contributed by atoms with Crippen LogP contribution in [0.15, 0.2) is 60.8 Å². The monoisotopic (exact) mass is 455 g/mol. The molecule has 0 bridgehead atoms. The molecule has 0 saturated carbocycles. The number of nitrogens with zero attached hydrogens (tertiary/aromatic N) is 3. The van der Waals surface area contributed by atoms with Crippen LogP contribution in [-0.4, -0.2) is 34.1 Å². The van der Waals surface area contributed by atoms with Gasteiger partial charge in [0.15, 0.2) is 6.67 Å². The first-order valence-electron chi connectivity index (χ1n) is 10.6. The van der Waals surface area contributed by atoms with Gasteiger partial charge in [-0.1, -0.05) is 18.1 Å². The van der Waals surface area contributed by atoms with E-state index in [0.29, 0.717) is 17.4 Å². The molecule has 170 valence electrons. The molecule has 1 amide bonds. The lowest BCUT2D eigenvalue weighted by Crippen LogP contribution is -2.24. The van der Waals surface area contributed by atoms with Crippen molar-refractivity contribution in [3.05, 3.63) is 77.9 Å². The Kier molecular flexibility index (Phi) is 6.94. The number of halogens is 1. The zero-order valence-electron chi connectivity index (χ0n) is 18.7. The summed E-state index contributed by atoms with van der Waals surface area (Å²) in [5.41, 5.74) is 3.41. The van der Waals surface area contributed by atoms with Crippen molar-refractivity contribution >= 4 is 28.3 Å². The molecule has 2 aromatic carbocycles. The van der Waals surface area contributed by atoms with Crippen molar-refractivity contribution in [1.82, 2.24) is 20.3 Å². The highest BCUT2D eigenvalue weighted by molar-refractivity contribution is 5.91. The van der Waals surface area contributed by atoms with Gasteiger partial charge in [0.2, 0.25) is 5.82 Å². The fraction of sp³-hybridized carbons (Fsp3) is 0.154. The maximum Gasteiger partial charge on any atom is 0.252 e. The molecule has 8 heteroatoms. The maximum absolute atomic E-state index is 12.2. The number of hydrogen-bond acceptors (Lipinski definition) is 6. The minimum absolute atomic E-state index is 0.0128. The zero-order valence-corrected chi connectivity index (χ0v) is 18.7. The molecule has 0 radical (unpaired) electrons. The number of rotatable bonds is 6. The Morgan fingerprint density at radius 2 is 1.94 bits per heavy atom. The summed E-state index contributed by atoms with van der Waals surface area (Å²) in [6.45, 7) is 2.82. The number of fused-ring (bicyclic) bond motifs is 1. The Balaban J connectivity index is 1.57. The summed E-state index contributed by atoms with van der Waals surface area (Å²) in [5.74, 6) is 7.13. The molecule has 0 fully saturated rings. The van der Waals surface area contributed by atoms with Crippen molar-refractivity contribution in [2.75, 3.05) is 18.5 Å². The van der Waals surface area contributed by atoms with Crippen molar-refractivity contribution in [1.29, 1.82) is 0 Å². The maximum atomic E-state index is 12.2. The number of aryl methyl sites for hydroxylation is 2. The summed E-state index contributed by atoms with van der Waals surface area (Å²) in [6, 6.07) is 17.1. The van der Waals surface area contributed by atoms with Crippen LogP contribution < -0.4 is 15.4 Å². The predicted molar refractivity (Wildman–Crippen MR) is 129 cm³/mol. The molecule has 7 nitrogen and oxygen atoms in total. The fourth-order valence-electron chi connectivity index (χ4n) is 3.16. The van der Waals surface area contributed by atoms with Gasteiger partial charge in [-0.25, -0.2) is 14.4 Å². The number of benzene rings is 2. The second kappa shape index (κ2) is 10.4. The number of carbonyl (C=O) groups excluding carboxylic acids is 1. The SMILES string of the molecule is Cc1ccc(Oc2ccc(Nc3nc(C#CCNC(=O)CF)nc4ccccc34)cc2C)cn1. The highest BCUT2D eigenvalue weighted by Gasteiger charge is 2.09. The van der Waals surface area contributed by atoms with Gasteiger partial charge in [-0.15, -0.1) is 0 Å². The molecule has 2 N–H and O–H groups in total. The standard InChI is InChI=1S/C26H22FN5O2/c1-17-14-19(10-12-23(17)34-20-11-9-18(2)29-16-20)30-26-21-6-3-4-7-22(21)31-24(32-26)8-5-13-28-25(33)15-27/h3-4,6-7,9-12,14,16H,13,15H2,1-2H3,(H,28,33)(H,30,31,32). The Morgan fingerprint density at radius 1 is 1.09 bits per heavy atom. The minimum atomic E-state index is -1.08. The van der Waals surface area contributed by atoms with Crippen LogP contribution in [0.25, 0.3) is 10.9 Å². The average molecular weight is 455 g/mol. The van der Waals surface area contributed by atoms with E-state index in [9.17, 15) is 9.18 Å². The number of hydrogen-bond donors (Lipinski definition) is 2. The molecule has 0 saturated heterocycles. The number of ether oxygens (including phenoxy) is 1. The van der Waals surface area contributed by atoms with Crippen LogP contribution in [-0.2, 0) is 4.79 Å². The van der Waals surface area contributed by atoms with E-state index in [1.807, 2.05) is 68.4 Å². The van der Waals surface area contributed by atoms with Gasteiger partial charge in [0.25, 0.3) is 5.91 Å². The number of nitrogens with one attached hydrogen (secondary N) is 2. The number of pyridine rings is 1. The summed E-state index contributed by atoms with van der Waals surface area (Å²) in [4.78, 5) is 24.3. The van der Waals surface area contributed by atoms with Crippen molar-refractivity contribution in [3.8, 4) is 23.3 Å². The first kappa shape index (κ1) is 22.7. The van der Waals surface area contributed by atoms with Crippen molar-refractivity contribution in [2.45, 2.75) is 13.8 Å². The van der Waals surface area contributed by atoms with E-state index in [1.54, 1.807) is 6.20 Å². The van der Waals surface area contributed by atoms with Gasteiger partial charge in [-0.2, -0.15) is 0 Å². The average Bonchev–Trinajstić information content (AvgIpc) is 2.84. The van der Waals surface area contributed by atoms with Crippen LogP contribution in [0, 0.1) is 25.7 Å². The summed E-state index contributed by atoms with van der Waals surface area (Å²) in [5, 5.41) is 6.53. The van der Waals surface area contributed by atoms with Crippen LogP contribution >= 0.6 is 0 Å². The van der Waals surface area contributed by atoms with Gasteiger partial charge in [0.1, 0.15) is 17.3 Å². The zero-order chi connectivity index (χ0) is 23.9. The third-order valence-corrected chi connectivity index (χ3v) is 4.85. The summed E-state index contributed by atoms with van der Waals surface area (Å²) < 4.78 is 18.2. The highest BCUT2D eigenvalue weighted by atomic mass is 19.1. The number of anilines is 2. The van der Waals surface area contributed by atoms with Crippen molar-refractivity contribution in [3.63, 3.8) is 0 Å². The normalized spacial score (nSPS) is 10.3. The Bertz CT molecular complexity index is 1390. The Morgan fingerprint density at radius 3 is 2.71 bits per heavy atom. The van der Waals surface area contributed by atoms with Crippen LogP contribution in [0.1, 0.15) is 17.1 Å². The molecular weight excluding hydrogens is 433 g/mol. The first-order chi connectivity index (χ1) is 16.5. The van der Waals surface area contributed by atoms with Crippen LogP contribution in [0.3, 0.4) is 0 Å². The molecule has 2 heterocycles. The summed E-state index contributed by atoms with van der Waals surface area (Å²) >= 11 is 0. The van der Waals surface area contributed by atoms with Gasteiger partial charge in [-0.3, -0.25) is 9.78 Å². The molecule has 4 aromatic rings. The number of aromatic nitrogens is 3. The Labute approximate surface area is 196 Å². The largest absolute Gasteiger partial charge is 0.455 e. The predicted octanol–water partition coefficient (Wildman–Crippen LogP) is 4.61. The quantitative estimate of drug-likeness (QED) is 0.413. The first-order valence-corrected chi connectivity index (χ1v) is 10.6. The molecule has 0 unspecified atom stereocenters. The van der Waals surface area contributed by atoms with Gasteiger partial charge in [0, 0.05) is 16.8 Å². The van der Waals surface area contributed by atoms with Gasteiger partial charge in [-0.05, 0) is 67.8 Å². The fourth-order valence-corrected chi connectivity index (χ4v) is 3.16. The van der Waals surface area contributed by atoms with Crippen LogP contribution in [0.5, 0.6) is 11.5 Å².